The molecular formula is C26H31BrN2O3. The highest BCUT2D eigenvalue weighted by Crippen LogP contribution is 2.40. The number of carbonyl (C=O) groups excluding carboxylic acids is 2. The summed E-state index contributed by atoms with van der Waals surface area (Å²) in [6.07, 6.45) is 0.755. The van der Waals surface area contributed by atoms with Crippen molar-refractivity contribution in [3.63, 3.8) is 0 Å². The van der Waals surface area contributed by atoms with Crippen molar-refractivity contribution in [1.82, 2.24) is 9.80 Å². The van der Waals surface area contributed by atoms with Crippen LogP contribution in [-0.2, 0) is 9.59 Å². The standard InChI is InChI=1S/C26H31BrN2O3/c1-5-28(6-2)14-7-15-29-23(19-10-12-20(27)13-11-19)22(25(31)26(29)32)24(30)21-16-17(3)8-9-18(21)4/h8-13,16,23,30H,5-7,14-15H2,1-4H3. The molecule has 1 aliphatic rings. The Hall–Kier alpha value is -2.44. The van der Waals surface area contributed by atoms with Crippen LogP contribution >= 0.6 is 15.9 Å². The number of carbonyl (C=O) groups is 2. The lowest BCUT2D eigenvalue weighted by Gasteiger charge is -2.27. The molecular weight excluding hydrogens is 468 g/mol. The predicted molar refractivity (Wildman–Crippen MR) is 131 cm³/mol. The van der Waals surface area contributed by atoms with Crippen LogP contribution in [0, 0.1) is 13.8 Å². The molecule has 32 heavy (non-hydrogen) atoms. The van der Waals surface area contributed by atoms with Crippen LogP contribution < -0.4 is 0 Å². The van der Waals surface area contributed by atoms with E-state index in [0.29, 0.717) is 12.1 Å². The van der Waals surface area contributed by atoms with Crippen LogP contribution in [0.2, 0.25) is 0 Å². The molecule has 1 atom stereocenters. The second-order valence-corrected chi connectivity index (χ2v) is 9.16. The molecule has 1 saturated heterocycles. The van der Waals surface area contributed by atoms with Crippen molar-refractivity contribution < 1.29 is 14.7 Å². The molecule has 0 aliphatic carbocycles. The van der Waals surface area contributed by atoms with Gasteiger partial charge in [0.1, 0.15) is 5.76 Å². The number of aliphatic hydroxyl groups is 1. The van der Waals surface area contributed by atoms with E-state index in [1.165, 1.54) is 0 Å². The van der Waals surface area contributed by atoms with Gasteiger partial charge >= 0.3 is 0 Å². The number of hydrogen-bond donors (Lipinski definition) is 1. The van der Waals surface area contributed by atoms with Crippen molar-refractivity contribution in [2.45, 2.75) is 40.2 Å². The van der Waals surface area contributed by atoms with Crippen LogP contribution in [-0.4, -0.2) is 52.8 Å². The number of benzene rings is 2. The molecule has 1 unspecified atom stereocenters. The molecule has 170 valence electrons. The Balaban J connectivity index is 2.06. The minimum atomic E-state index is -0.626. The zero-order valence-electron chi connectivity index (χ0n) is 19.2. The summed E-state index contributed by atoms with van der Waals surface area (Å²) in [5.74, 6) is -1.29. The van der Waals surface area contributed by atoms with Crippen LogP contribution in [0.15, 0.2) is 52.5 Å². The maximum Gasteiger partial charge on any atom is 0.295 e. The van der Waals surface area contributed by atoms with Gasteiger partial charge < -0.3 is 14.9 Å². The van der Waals surface area contributed by atoms with Gasteiger partial charge in [0.2, 0.25) is 0 Å². The predicted octanol–water partition coefficient (Wildman–Crippen LogP) is 5.22. The van der Waals surface area contributed by atoms with Gasteiger partial charge in [0.05, 0.1) is 11.6 Å². The van der Waals surface area contributed by atoms with E-state index in [9.17, 15) is 14.7 Å². The van der Waals surface area contributed by atoms with Crippen molar-refractivity contribution in [2.24, 2.45) is 0 Å². The van der Waals surface area contributed by atoms with Gasteiger partial charge in [-0.1, -0.05) is 59.6 Å². The van der Waals surface area contributed by atoms with Gasteiger partial charge in [-0.25, -0.2) is 0 Å². The largest absolute Gasteiger partial charge is 0.507 e. The lowest BCUT2D eigenvalue weighted by Crippen LogP contribution is -2.33. The summed E-state index contributed by atoms with van der Waals surface area (Å²) in [7, 11) is 0. The molecule has 1 fully saturated rings. The summed E-state index contributed by atoms with van der Waals surface area (Å²) >= 11 is 3.45. The molecule has 0 bridgehead atoms. The highest BCUT2D eigenvalue weighted by atomic mass is 79.9. The van der Waals surface area contributed by atoms with E-state index in [1.54, 1.807) is 4.90 Å². The van der Waals surface area contributed by atoms with E-state index in [1.807, 2.05) is 56.3 Å². The lowest BCUT2D eigenvalue weighted by atomic mass is 9.93. The van der Waals surface area contributed by atoms with Gasteiger partial charge in [0.15, 0.2) is 0 Å². The first-order valence-electron chi connectivity index (χ1n) is 11.1. The van der Waals surface area contributed by atoms with E-state index in [0.717, 1.165) is 47.2 Å². The average Bonchev–Trinajstić information content (AvgIpc) is 3.03. The smallest absolute Gasteiger partial charge is 0.295 e. The molecule has 1 amide bonds. The van der Waals surface area contributed by atoms with Gasteiger partial charge in [-0.05, 0) is 69.2 Å². The zero-order valence-corrected chi connectivity index (χ0v) is 20.8. The molecule has 0 spiro atoms. The average molecular weight is 499 g/mol. The second-order valence-electron chi connectivity index (χ2n) is 8.24. The Morgan fingerprint density at radius 1 is 1.06 bits per heavy atom. The van der Waals surface area contributed by atoms with Crippen LogP contribution in [0.4, 0.5) is 0 Å². The molecule has 3 rings (SSSR count). The highest BCUT2D eigenvalue weighted by molar-refractivity contribution is 9.10. The molecule has 6 heteroatoms. The molecule has 0 saturated carbocycles. The van der Waals surface area contributed by atoms with E-state index in [-0.39, 0.29) is 11.3 Å². The van der Waals surface area contributed by atoms with Gasteiger partial charge in [0, 0.05) is 16.6 Å². The third kappa shape index (κ3) is 4.97. The van der Waals surface area contributed by atoms with Crippen molar-refractivity contribution in [3.8, 4) is 0 Å². The first-order chi connectivity index (χ1) is 15.3. The summed E-state index contributed by atoms with van der Waals surface area (Å²) in [5, 5.41) is 11.3. The van der Waals surface area contributed by atoms with Crippen molar-refractivity contribution in [2.75, 3.05) is 26.2 Å². The number of rotatable bonds is 8. The van der Waals surface area contributed by atoms with E-state index in [2.05, 4.69) is 34.7 Å². The van der Waals surface area contributed by atoms with Crippen molar-refractivity contribution in [3.05, 3.63) is 74.8 Å². The first-order valence-corrected chi connectivity index (χ1v) is 11.9. The number of halogens is 1. The fraction of sp³-hybridized carbons (Fsp3) is 0.385. The number of likely N-dealkylation sites (tertiary alicyclic amines) is 1. The summed E-state index contributed by atoms with van der Waals surface area (Å²) < 4.78 is 0.911. The summed E-state index contributed by atoms with van der Waals surface area (Å²) in [5.41, 5.74) is 3.39. The van der Waals surface area contributed by atoms with Gasteiger partial charge in [-0.2, -0.15) is 0 Å². The second kappa shape index (κ2) is 10.5. The number of aliphatic hydroxyl groups excluding tert-OH is 1. The van der Waals surface area contributed by atoms with E-state index in [4.69, 9.17) is 0 Å². The van der Waals surface area contributed by atoms with E-state index >= 15 is 0 Å². The quantitative estimate of drug-likeness (QED) is 0.308. The summed E-state index contributed by atoms with van der Waals surface area (Å²) in [6, 6.07) is 12.7. The lowest BCUT2D eigenvalue weighted by molar-refractivity contribution is -0.140. The number of nitrogens with zero attached hydrogens (tertiary/aromatic N) is 2. The molecule has 0 radical (unpaired) electrons. The number of hydrogen-bond acceptors (Lipinski definition) is 4. The molecule has 1 N–H and O–H groups in total. The zero-order chi connectivity index (χ0) is 23.4. The van der Waals surface area contributed by atoms with Crippen LogP contribution in [0.1, 0.15) is 48.6 Å². The molecule has 2 aromatic rings. The third-order valence-electron chi connectivity index (χ3n) is 6.14. The number of aryl methyl sites for hydroxylation is 2. The molecule has 0 aromatic heterocycles. The minimum absolute atomic E-state index is 0.108. The number of ketones is 1. The van der Waals surface area contributed by atoms with Gasteiger partial charge in [0.25, 0.3) is 11.7 Å². The van der Waals surface area contributed by atoms with Crippen LogP contribution in [0.5, 0.6) is 0 Å². The monoisotopic (exact) mass is 498 g/mol. The molecule has 1 heterocycles. The van der Waals surface area contributed by atoms with Gasteiger partial charge in [-0.3, -0.25) is 9.59 Å². The van der Waals surface area contributed by atoms with Gasteiger partial charge in [-0.15, -0.1) is 0 Å². The molecule has 2 aromatic carbocycles. The highest BCUT2D eigenvalue weighted by Gasteiger charge is 2.45. The third-order valence-corrected chi connectivity index (χ3v) is 6.67. The fourth-order valence-corrected chi connectivity index (χ4v) is 4.51. The minimum Gasteiger partial charge on any atom is -0.507 e. The Bertz CT molecular complexity index is 1030. The maximum absolute atomic E-state index is 13.2. The number of Topliss-reactive ketones (excluding diaryl/α,β-unsaturated/α-hetero) is 1. The summed E-state index contributed by atoms with van der Waals surface area (Å²) in [6.45, 7) is 11.2. The number of amides is 1. The Kier molecular flexibility index (Phi) is 7.91. The topological polar surface area (TPSA) is 60.9 Å². The Morgan fingerprint density at radius 3 is 2.34 bits per heavy atom. The Labute approximate surface area is 198 Å². The SMILES string of the molecule is CCN(CC)CCCN1C(=O)C(=O)C(=C(O)c2cc(C)ccc2C)C1c1ccc(Br)cc1. The van der Waals surface area contributed by atoms with Crippen LogP contribution in [0.25, 0.3) is 5.76 Å². The molecule has 1 aliphatic heterocycles. The van der Waals surface area contributed by atoms with E-state index < -0.39 is 17.7 Å². The van der Waals surface area contributed by atoms with Crippen molar-refractivity contribution >= 4 is 33.4 Å². The maximum atomic E-state index is 13.2. The first kappa shape index (κ1) is 24.2. The Morgan fingerprint density at radius 2 is 1.72 bits per heavy atom. The molecule has 5 nitrogen and oxygen atoms in total. The van der Waals surface area contributed by atoms with Crippen molar-refractivity contribution in [1.29, 1.82) is 0 Å². The van der Waals surface area contributed by atoms with Crippen LogP contribution in [0.3, 0.4) is 0 Å². The fourth-order valence-electron chi connectivity index (χ4n) is 4.24. The normalized spacial score (nSPS) is 18.1. The summed E-state index contributed by atoms with van der Waals surface area (Å²) in [4.78, 5) is 30.1.